The molecule has 0 bridgehead atoms. The third kappa shape index (κ3) is 31.1. The molecule has 202 valence electrons. The maximum absolute atomic E-state index is 11.1. The minimum Gasteiger partial charge on any atom is -0.478 e. The summed E-state index contributed by atoms with van der Waals surface area (Å²) >= 11 is 0. The van der Waals surface area contributed by atoms with Gasteiger partial charge in [0.25, 0.3) is 0 Å². The maximum atomic E-state index is 11.1. The van der Waals surface area contributed by atoms with Crippen molar-refractivity contribution in [3.63, 3.8) is 0 Å². The smallest absolute Gasteiger partial charge is 0.331 e. The second-order valence-electron chi connectivity index (χ2n) is 7.74. The first-order chi connectivity index (χ1) is 16.6. The molecule has 0 aromatic heterocycles. The van der Waals surface area contributed by atoms with Gasteiger partial charge in [0.15, 0.2) is 0 Å². The second-order valence-corrected chi connectivity index (χ2v) is 7.74. The molecule has 2 atom stereocenters. The van der Waals surface area contributed by atoms with Crippen molar-refractivity contribution < 1.29 is 38.5 Å². The van der Waals surface area contributed by atoms with E-state index in [1.165, 1.54) is 25.8 Å². The van der Waals surface area contributed by atoms with Crippen molar-refractivity contribution in [2.75, 3.05) is 13.2 Å². The van der Waals surface area contributed by atoms with Gasteiger partial charge in [-0.2, -0.15) is 0 Å². The normalized spacial score (nSPS) is 11.5. The van der Waals surface area contributed by atoms with Crippen LogP contribution in [0.5, 0.6) is 0 Å². The Labute approximate surface area is 211 Å². The molecule has 0 amide bonds. The molecule has 0 aromatic carbocycles. The number of hydrogen-bond acceptors (Lipinski definition) is 7. The molecule has 0 saturated carbocycles. The quantitative estimate of drug-likeness (QED) is 0.119. The van der Waals surface area contributed by atoms with Crippen LogP contribution in [0.2, 0.25) is 0 Å². The van der Waals surface area contributed by atoms with E-state index in [4.69, 9.17) is 14.6 Å². The van der Waals surface area contributed by atoms with Crippen molar-refractivity contribution >= 4 is 23.9 Å². The Morgan fingerprint density at radius 2 is 1.26 bits per heavy atom. The highest BCUT2D eigenvalue weighted by Crippen LogP contribution is 2.13. The summed E-state index contributed by atoms with van der Waals surface area (Å²) in [6.45, 7) is 17.2. The van der Waals surface area contributed by atoms with Crippen LogP contribution >= 0.6 is 0 Å². The lowest BCUT2D eigenvalue weighted by Crippen LogP contribution is -2.12. The number of ether oxygens (including phenoxy) is 3. The van der Waals surface area contributed by atoms with E-state index >= 15 is 0 Å². The summed E-state index contributed by atoms with van der Waals surface area (Å²) in [5.41, 5.74) is 0. The number of carboxylic acids is 1. The van der Waals surface area contributed by atoms with Crippen LogP contribution in [-0.2, 0) is 33.4 Å². The molecular weight excluding hydrogens is 452 g/mol. The molecule has 0 saturated heterocycles. The molecule has 8 heteroatoms. The molecule has 35 heavy (non-hydrogen) atoms. The molecule has 0 heterocycles. The largest absolute Gasteiger partial charge is 0.478 e. The van der Waals surface area contributed by atoms with Gasteiger partial charge in [0.2, 0.25) is 0 Å². The summed E-state index contributed by atoms with van der Waals surface area (Å²) < 4.78 is 14.1. The molecule has 0 aromatic rings. The first-order valence-electron chi connectivity index (χ1n) is 12.3. The number of carbonyl (C=O) groups excluding carboxylic acids is 3. The average Bonchev–Trinajstić information content (AvgIpc) is 2.83. The number of esters is 3. The molecular formula is C27H46O8. The van der Waals surface area contributed by atoms with E-state index in [0.29, 0.717) is 25.0 Å². The Hall–Kier alpha value is -2.90. The molecule has 1 N–H and O–H groups in total. The summed E-state index contributed by atoms with van der Waals surface area (Å²) in [4.78, 5) is 41.7. The fourth-order valence-corrected chi connectivity index (χ4v) is 2.56. The zero-order valence-corrected chi connectivity index (χ0v) is 22.3. The van der Waals surface area contributed by atoms with Crippen LogP contribution in [0.4, 0.5) is 0 Å². The van der Waals surface area contributed by atoms with E-state index in [-0.39, 0.29) is 11.9 Å². The SMILES string of the molecule is C=CC(=O)OCC(CC)CCCC.C=COC(C)=O.CCCCC(CC)COC(=O)C=CC(=O)O. The van der Waals surface area contributed by atoms with Crippen LogP contribution in [0.15, 0.2) is 37.6 Å². The predicted octanol–water partition coefficient (Wildman–Crippen LogP) is 6.01. The van der Waals surface area contributed by atoms with Gasteiger partial charge in [0.05, 0.1) is 19.5 Å². The fraction of sp³-hybridized carbons (Fsp3) is 0.630. The van der Waals surface area contributed by atoms with Crippen LogP contribution in [0, 0.1) is 11.8 Å². The van der Waals surface area contributed by atoms with Gasteiger partial charge in [-0.25, -0.2) is 14.4 Å². The van der Waals surface area contributed by atoms with Crippen molar-refractivity contribution in [3.8, 4) is 0 Å². The van der Waals surface area contributed by atoms with Gasteiger partial charge in [-0.15, -0.1) is 0 Å². The molecule has 0 fully saturated rings. The second kappa shape index (κ2) is 27.3. The first kappa shape index (κ1) is 36.7. The van der Waals surface area contributed by atoms with Gasteiger partial charge in [0.1, 0.15) is 0 Å². The van der Waals surface area contributed by atoms with Crippen molar-refractivity contribution in [1.82, 2.24) is 0 Å². The van der Waals surface area contributed by atoms with Gasteiger partial charge in [0, 0.05) is 25.2 Å². The van der Waals surface area contributed by atoms with Crippen molar-refractivity contribution in [3.05, 3.63) is 37.6 Å². The van der Waals surface area contributed by atoms with E-state index in [1.807, 2.05) is 0 Å². The Morgan fingerprint density at radius 3 is 1.54 bits per heavy atom. The van der Waals surface area contributed by atoms with Crippen molar-refractivity contribution in [1.29, 1.82) is 0 Å². The molecule has 0 aliphatic rings. The van der Waals surface area contributed by atoms with Crippen LogP contribution in [-0.4, -0.2) is 42.2 Å². The molecule has 0 radical (unpaired) electrons. The van der Waals surface area contributed by atoms with E-state index < -0.39 is 11.9 Å². The van der Waals surface area contributed by atoms with Crippen molar-refractivity contribution in [2.45, 2.75) is 86.0 Å². The molecule has 0 aliphatic carbocycles. The third-order valence-electron chi connectivity index (χ3n) is 4.79. The van der Waals surface area contributed by atoms with Crippen molar-refractivity contribution in [2.24, 2.45) is 11.8 Å². The highest BCUT2D eigenvalue weighted by molar-refractivity contribution is 5.90. The van der Waals surface area contributed by atoms with E-state index in [1.54, 1.807) is 0 Å². The predicted molar refractivity (Wildman–Crippen MR) is 137 cm³/mol. The van der Waals surface area contributed by atoms with Gasteiger partial charge >= 0.3 is 23.9 Å². The number of unbranched alkanes of at least 4 members (excludes halogenated alkanes) is 2. The summed E-state index contributed by atoms with van der Waals surface area (Å²) in [6.07, 6.45) is 12.9. The number of rotatable bonds is 16. The number of hydrogen-bond donors (Lipinski definition) is 1. The lowest BCUT2D eigenvalue weighted by molar-refractivity contribution is -0.140. The zero-order chi connectivity index (χ0) is 27.5. The first-order valence-corrected chi connectivity index (χ1v) is 12.3. The Bertz CT molecular complexity index is 625. The molecule has 0 aliphatic heterocycles. The van der Waals surface area contributed by atoms with Crippen LogP contribution in [0.25, 0.3) is 0 Å². The summed E-state index contributed by atoms with van der Waals surface area (Å²) in [7, 11) is 0. The summed E-state index contributed by atoms with van der Waals surface area (Å²) in [5, 5.41) is 8.31. The van der Waals surface area contributed by atoms with Gasteiger partial charge < -0.3 is 19.3 Å². The Morgan fingerprint density at radius 1 is 0.800 bits per heavy atom. The highest BCUT2D eigenvalue weighted by Gasteiger charge is 2.09. The Balaban J connectivity index is -0.000000482. The minimum absolute atomic E-state index is 0.310. The maximum Gasteiger partial charge on any atom is 0.331 e. The monoisotopic (exact) mass is 498 g/mol. The fourth-order valence-electron chi connectivity index (χ4n) is 2.56. The standard InChI is InChI=1S/C12H20O4.C11H20O2.C4H6O2/c1-3-5-6-10(4-2)9-16-12(15)8-7-11(13)14;1-4-7-8-10(5-2)9-13-11(12)6-3;1-3-6-4(2)5/h7-8,10H,3-6,9H2,1-2H3,(H,13,14);6,10H,3-5,7-9H2,1-2H3;3H,1H2,2H3. The summed E-state index contributed by atoms with van der Waals surface area (Å²) in [5.74, 6) is -1.47. The van der Waals surface area contributed by atoms with E-state index in [2.05, 4.69) is 45.6 Å². The minimum atomic E-state index is -1.14. The Kier molecular flexibility index (Phi) is 28.6. The topological polar surface area (TPSA) is 116 Å². The van der Waals surface area contributed by atoms with Gasteiger partial charge in [-0.05, 0) is 24.7 Å². The highest BCUT2D eigenvalue weighted by atomic mass is 16.5. The number of carbonyl (C=O) groups is 4. The molecule has 2 unspecified atom stereocenters. The lowest BCUT2D eigenvalue weighted by atomic mass is 10.0. The number of carboxylic acid groups (broad SMARTS) is 1. The average molecular weight is 499 g/mol. The molecule has 0 rings (SSSR count). The van der Waals surface area contributed by atoms with E-state index in [9.17, 15) is 19.2 Å². The van der Waals surface area contributed by atoms with Gasteiger partial charge in [-0.3, -0.25) is 4.79 Å². The summed E-state index contributed by atoms with van der Waals surface area (Å²) in [6, 6.07) is 0. The molecule has 0 spiro atoms. The van der Waals surface area contributed by atoms with Crippen LogP contribution in [0.1, 0.15) is 86.0 Å². The van der Waals surface area contributed by atoms with Gasteiger partial charge in [-0.1, -0.05) is 79.4 Å². The van der Waals surface area contributed by atoms with E-state index in [0.717, 1.165) is 56.9 Å². The third-order valence-corrected chi connectivity index (χ3v) is 4.79. The lowest BCUT2D eigenvalue weighted by Gasteiger charge is -2.13. The van der Waals surface area contributed by atoms with Crippen LogP contribution in [0.3, 0.4) is 0 Å². The van der Waals surface area contributed by atoms with Crippen LogP contribution < -0.4 is 0 Å². The number of aliphatic carboxylic acids is 1. The molecule has 8 nitrogen and oxygen atoms in total. The zero-order valence-electron chi connectivity index (χ0n) is 22.3.